The quantitative estimate of drug-likeness (QED) is 0.519. The number of aliphatic hydroxyl groups is 1. The summed E-state index contributed by atoms with van der Waals surface area (Å²) in [4.78, 5) is 2.43. The summed E-state index contributed by atoms with van der Waals surface area (Å²) in [5.74, 6) is 0. The second-order valence-electron chi connectivity index (χ2n) is 8.59. The van der Waals surface area contributed by atoms with E-state index in [1.165, 1.54) is 39.2 Å². The van der Waals surface area contributed by atoms with Crippen LogP contribution < -0.4 is 0 Å². The van der Waals surface area contributed by atoms with Crippen molar-refractivity contribution in [2.45, 2.75) is 66.1 Å². The molecule has 31 heavy (non-hydrogen) atoms. The van der Waals surface area contributed by atoms with Crippen LogP contribution >= 0.6 is 15.9 Å². The SMILES string of the molecule is CCc1nn(-c2c(C)cc(Br)cc2C)c(CC)c1CN1Cc2ccccc2CC1CO. The fraction of sp³-hybridized carbons (Fsp3) is 0.423. The highest BCUT2D eigenvalue weighted by molar-refractivity contribution is 9.10. The van der Waals surface area contributed by atoms with Crippen LogP contribution in [0.5, 0.6) is 0 Å². The highest BCUT2D eigenvalue weighted by Crippen LogP contribution is 2.31. The third-order valence-corrected chi connectivity index (χ3v) is 7.00. The van der Waals surface area contributed by atoms with Crippen LogP contribution in [0, 0.1) is 13.8 Å². The molecule has 164 valence electrons. The molecular weight excluding hydrogens is 450 g/mol. The van der Waals surface area contributed by atoms with Gasteiger partial charge in [0.15, 0.2) is 0 Å². The monoisotopic (exact) mass is 481 g/mol. The molecule has 0 radical (unpaired) electrons. The summed E-state index contributed by atoms with van der Waals surface area (Å²) in [6.45, 7) is 10.6. The van der Waals surface area contributed by atoms with E-state index in [9.17, 15) is 5.11 Å². The lowest BCUT2D eigenvalue weighted by Crippen LogP contribution is -2.42. The number of nitrogens with zero attached hydrogens (tertiary/aromatic N) is 3. The average molecular weight is 482 g/mol. The van der Waals surface area contributed by atoms with Crippen molar-refractivity contribution < 1.29 is 5.11 Å². The van der Waals surface area contributed by atoms with Crippen LogP contribution in [0.2, 0.25) is 0 Å². The fourth-order valence-corrected chi connectivity index (χ4v) is 5.68. The van der Waals surface area contributed by atoms with Crippen molar-refractivity contribution in [1.29, 1.82) is 0 Å². The summed E-state index contributed by atoms with van der Waals surface area (Å²) in [5, 5.41) is 15.2. The summed E-state index contributed by atoms with van der Waals surface area (Å²) in [7, 11) is 0. The number of fused-ring (bicyclic) bond motifs is 1. The van der Waals surface area contributed by atoms with Gasteiger partial charge in [-0.2, -0.15) is 5.10 Å². The molecule has 0 amide bonds. The molecule has 0 spiro atoms. The third-order valence-electron chi connectivity index (χ3n) is 6.55. The molecule has 0 fully saturated rings. The van der Waals surface area contributed by atoms with Gasteiger partial charge >= 0.3 is 0 Å². The summed E-state index contributed by atoms with van der Waals surface area (Å²) >= 11 is 3.62. The first-order valence-electron chi connectivity index (χ1n) is 11.2. The fourth-order valence-electron chi connectivity index (χ4n) is 5.00. The molecule has 1 N–H and O–H groups in total. The second kappa shape index (κ2) is 9.27. The second-order valence-corrected chi connectivity index (χ2v) is 9.51. The summed E-state index contributed by atoms with van der Waals surface area (Å²) in [6.07, 6.45) is 2.72. The van der Waals surface area contributed by atoms with Gasteiger partial charge in [0.05, 0.1) is 18.0 Å². The van der Waals surface area contributed by atoms with Gasteiger partial charge in [-0.3, -0.25) is 4.90 Å². The highest BCUT2D eigenvalue weighted by atomic mass is 79.9. The van der Waals surface area contributed by atoms with Gasteiger partial charge in [-0.15, -0.1) is 0 Å². The first kappa shape index (κ1) is 22.3. The molecule has 0 aliphatic carbocycles. The first-order chi connectivity index (χ1) is 15.0. The predicted molar refractivity (Wildman–Crippen MR) is 130 cm³/mol. The van der Waals surface area contributed by atoms with Crippen LogP contribution in [-0.2, 0) is 32.4 Å². The van der Waals surface area contributed by atoms with E-state index in [-0.39, 0.29) is 12.6 Å². The standard InChI is InChI=1S/C26H32BrN3O/c1-5-24-23(15-29-14-20-10-8-7-9-19(20)13-22(29)16-31)25(6-2)30(28-24)26-17(3)11-21(27)12-18(26)4/h7-12,22,31H,5-6,13-16H2,1-4H3. The minimum atomic E-state index is 0.142. The van der Waals surface area contributed by atoms with Crippen molar-refractivity contribution in [2.24, 2.45) is 0 Å². The van der Waals surface area contributed by atoms with Crippen molar-refractivity contribution in [2.75, 3.05) is 6.61 Å². The lowest BCUT2D eigenvalue weighted by atomic mass is 9.93. The zero-order valence-electron chi connectivity index (χ0n) is 19.0. The number of halogens is 1. The van der Waals surface area contributed by atoms with Gasteiger partial charge in [-0.25, -0.2) is 4.68 Å². The van der Waals surface area contributed by atoms with Crippen LogP contribution in [0.3, 0.4) is 0 Å². The Morgan fingerprint density at radius 3 is 2.35 bits per heavy atom. The van der Waals surface area contributed by atoms with E-state index in [2.05, 4.69) is 89.6 Å². The Labute approximate surface area is 194 Å². The topological polar surface area (TPSA) is 41.3 Å². The van der Waals surface area contributed by atoms with Crippen LogP contribution in [0.15, 0.2) is 40.9 Å². The number of rotatable bonds is 6. The van der Waals surface area contributed by atoms with Crippen molar-refractivity contribution in [1.82, 2.24) is 14.7 Å². The van der Waals surface area contributed by atoms with Crippen molar-refractivity contribution in [3.8, 4) is 5.69 Å². The van der Waals surface area contributed by atoms with Gasteiger partial charge in [0.2, 0.25) is 0 Å². The van der Waals surface area contributed by atoms with Crippen LogP contribution in [0.1, 0.15) is 53.1 Å². The Kier molecular flexibility index (Phi) is 6.65. The molecule has 4 rings (SSSR count). The largest absolute Gasteiger partial charge is 0.395 e. The van der Waals surface area contributed by atoms with Crippen molar-refractivity contribution >= 4 is 15.9 Å². The van der Waals surface area contributed by atoms with E-state index in [4.69, 9.17) is 5.10 Å². The van der Waals surface area contributed by atoms with Crippen molar-refractivity contribution in [3.05, 3.63) is 80.1 Å². The van der Waals surface area contributed by atoms with Gasteiger partial charge < -0.3 is 5.11 Å². The van der Waals surface area contributed by atoms with Crippen LogP contribution in [0.25, 0.3) is 5.69 Å². The highest BCUT2D eigenvalue weighted by Gasteiger charge is 2.28. The molecular formula is C26H32BrN3O. The Balaban J connectivity index is 1.76. The van der Waals surface area contributed by atoms with E-state index in [0.29, 0.717) is 0 Å². The van der Waals surface area contributed by atoms with E-state index < -0.39 is 0 Å². The number of hydrogen-bond donors (Lipinski definition) is 1. The molecule has 0 bridgehead atoms. The summed E-state index contributed by atoms with van der Waals surface area (Å²) in [6, 6.07) is 13.1. The zero-order chi connectivity index (χ0) is 22.1. The Morgan fingerprint density at radius 1 is 1.06 bits per heavy atom. The molecule has 1 unspecified atom stereocenters. The molecule has 1 aliphatic heterocycles. The molecule has 0 saturated carbocycles. The van der Waals surface area contributed by atoms with E-state index in [1.807, 2.05) is 0 Å². The molecule has 1 aromatic heterocycles. The molecule has 1 atom stereocenters. The summed E-state index contributed by atoms with van der Waals surface area (Å²) in [5.41, 5.74) is 10.1. The van der Waals surface area contributed by atoms with Crippen LogP contribution in [0.4, 0.5) is 0 Å². The number of benzene rings is 2. The smallest absolute Gasteiger partial charge is 0.0708 e. The first-order valence-corrected chi connectivity index (χ1v) is 12.0. The van der Waals surface area contributed by atoms with E-state index >= 15 is 0 Å². The minimum Gasteiger partial charge on any atom is -0.395 e. The molecule has 2 heterocycles. The van der Waals surface area contributed by atoms with Gasteiger partial charge in [0.25, 0.3) is 0 Å². The Bertz CT molecular complexity index is 1070. The molecule has 3 aromatic rings. The maximum atomic E-state index is 10.1. The molecule has 1 aliphatic rings. The third kappa shape index (κ3) is 4.23. The maximum absolute atomic E-state index is 10.1. The molecule has 4 nitrogen and oxygen atoms in total. The normalized spacial score (nSPS) is 16.5. The van der Waals surface area contributed by atoms with Gasteiger partial charge in [0, 0.05) is 34.9 Å². The maximum Gasteiger partial charge on any atom is 0.0708 e. The number of aliphatic hydroxyl groups excluding tert-OH is 1. The Morgan fingerprint density at radius 2 is 1.74 bits per heavy atom. The van der Waals surface area contributed by atoms with Gasteiger partial charge in [0.1, 0.15) is 0 Å². The van der Waals surface area contributed by atoms with E-state index in [1.54, 1.807) is 0 Å². The predicted octanol–water partition coefficient (Wildman–Crippen LogP) is 5.30. The van der Waals surface area contributed by atoms with Crippen molar-refractivity contribution in [3.63, 3.8) is 0 Å². The average Bonchev–Trinajstić information content (AvgIpc) is 3.09. The Hall–Kier alpha value is -1.95. The molecule has 5 heteroatoms. The molecule has 0 saturated heterocycles. The minimum absolute atomic E-state index is 0.142. The summed E-state index contributed by atoms with van der Waals surface area (Å²) < 4.78 is 3.28. The lowest BCUT2D eigenvalue weighted by Gasteiger charge is -2.36. The lowest BCUT2D eigenvalue weighted by molar-refractivity contribution is 0.0991. The number of aromatic nitrogens is 2. The number of hydrogen-bond acceptors (Lipinski definition) is 3. The van der Waals surface area contributed by atoms with Crippen LogP contribution in [-0.4, -0.2) is 32.4 Å². The zero-order valence-corrected chi connectivity index (χ0v) is 20.5. The molecule has 2 aromatic carbocycles. The number of aryl methyl sites for hydroxylation is 3. The van der Waals surface area contributed by atoms with Gasteiger partial charge in [-0.1, -0.05) is 54.0 Å². The van der Waals surface area contributed by atoms with Gasteiger partial charge in [-0.05, 0) is 67.5 Å². The van der Waals surface area contributed by atoms with E-state index in [0.717, 1.165) is 42.5 Å².